The van der Waals surface area contributed by atoms with E-state index in [0.29, 0.717) is 19.2 Å². The number of benzene rings is 1. The van der Waals surface area contributed by atoms with E-state index in [2.05, 4.69) is 44.0 Å². The second kappa shape index (κ2) is 6.49. The topological polar surface area (TPSA) is 54.4 Å². The second-order valence-electron chi connectivity index (χ2n) is 4.79. The molecule has 1 aliphatic rings. The first-order chi connectivity index (χ1) is 10.4. The number of ether oxygens (including phenoxy) is 1. The van der Waals surface area contributed by atoms with Crippen molar-refractivity contribution in [1.29, 1.82) is 0 Å². The van der Waals surface area contributed by atoms with Crippen molar-refractivity contribution in [2.75, 3.05) is 42.6 Å². The monoisotopic (exact) mass is 285 g/mol. The molecule has 21 heavy (non-hydrogen) atoms. The molecule has 0 spiro atoms. The number of nitrogens with zero attached hydrogens (tertiary/aromatic N) is 5. The number of hydrogen-bond donors (Lipinski definition) is 0. The minimum Gasteiger partial charge on any atom is -0.378 e. The van der Waals surface area contributed by atoms with E-state index < -0.39 is 0 Å². The van der Waals surface area contributed by atoms with Gasteiger partial charge < -0.3 is 14.5 Å². The minimum atomic E-state index is 0.671. The molecule has 0 radical (unpaired) electrons. The van der Waals surface area contributed by atoms with E-state index in [4.69, 9.17) is 4.74 Å². The number of rotatable bonds is 4. The van der Waals surface area contributed by atoms with Crippen LogP contribution >= 0.6 is 0 Å². The van der Waals surface area contributed by atoms with Gasteiger partial charge in [-0.2, -0.15) is 10.1 Å². The summed E-state index contributed by atoms with van der Waals surface area (Å²) in [7, 11) is 0. The summed E-state index contributed by atoms with van der Waals surface area (Å²) in [5.41, 5.74) is 1.11. The molecular weight excluding hydrogens is 266 g/mol. The van der Waals surface area contributed by atoms with Gasteiger partial charge in [-0.05, 0) is 19.1 Å². The second-order valence-corrected chi connectivity index (χ2v) is 4.79. The quantitative estimate of drug-likeness (QED) is 0.855. The van der Waals surface area contributed by atoms with Gasteiger partial charge >= 0.3 is 0 Å². The van der Waals surface area contributed by atoms with Crippen LogP contribution in [0, 0.1) is 0 Å². The molecule has 110 valence electrons. The van der Waals surface area contributed by atoms with Crippen LogP contribution in [0.5, 0.6) is 0 Å². The van der Waals surface area contributed by atoms with Gasteiger partial charge in [-0.15, -0.1) is 5.10 Å². The van der Waals surface area contributed by atoms with Crippen LogP contribution in [-0.4, -0.2) is 48.0 Å². The normalized spacial score (nSPS) is 15.0. The Bertz CT molecular complexity index is 571. The van der Waals surface area contributed by atoms with Gasteiger partial charge in [0.2, 0.25) is 5.95 Å². The van der Waals surface area contributed by atoms with Crippen LogP contribution in [-0.2, 0) is 4.74 Å². The highest BCUT2D eigenvalue weighted by Gasteiger charge is 2.16. The molecule has 0 bridgehead atoms. The van der Waals surface area contributed by atoms with Crippen molar-refractivity contribution in [3.8, 4) is 0 Å². The average molecular weight is 285 g/mol. The van der Waals surface area contributed by atoms with E-state index >= 15 is 0 Å². The van der Waals surface area contributed by atoms with Gasteiger partial charge in [0.15, 0.2) is 5.82 Å². The SMILES string of the molecule is CCN(c1ccccc1)c1cnnc(N2CCOCC2)n1. The Balaban J connectivity index is 1.87. The third kappa shape index (κ3) is 3.11. The molecule has 3 rings (SSSR count). The fourth-order valence-electron chi connectivity index (χ4n) is 2.40. The predicted molar refractivity (Wildman–Crippen MR) is 82.0 cm³/mol. The Hall–Kier alpha value is -2.21. The Morgan fingerprint density at radius 2 is 1.95 bits per heavy atom. The molecule has 1 aromatic carbocycles. The van der Waals surface area contributed by atoms with Crippen molar-refractivity contribution >= 4 is 17.5 Å². The Labute approximate surface area is 124 Å². The Morgan fingerprint density at radius 1 is 1.19 bits per heavy atom. The van der Waals surface area contributed by atoms with E-state index in [1.165, 1.54) is 0 Å². The molecule has 0 saturated carbocycles. The van der Waals surface area contributed by atoms with Crippen LogP contribution < -0.4 is 9.80 Å². The van der Waals surface area contributed by atoms with Crippen molar-refractivity contribution in [2.24, 2.45) is 0 Å². The van der Waals surface area contributed by atoms with Gasteiger partial charge in [-0.3, -0.25) is 0 Å². The molecule has 1 aromatic heterocycles. The summed E-state index contributed by atoms with van der Waals surface area (Å²) >= 11 is 0. The van der Waals surface area contributed by atoms with Crippen molar-refractivity contribution in [3.05, 3.63) is 36.5 Å². The minimum absolute atomic E-state index is 0.671. The number of anilines is 3. The van der Waals surface area contributed by atoms with Crippen molar-refractivity contribution in [3.63, 3.8) is 0 Å². The first kappa shape index (κ1) is 13.8. The maximum absolute atomic E-state index is 5.36. The number of hydrogen-bond acceptors (Lipinski definition) is 6. The van der Waals surface area contributed by atoms with Crippen molar-refractivity contribution in [1.82, 2.24) is 15.2 Å². The lowest BCUT2D eigenvalue weighted by molar-refractivity contribution is 0.122. The first-order valence-electron chi connectivity index (χ1n) is 7.23. The molecule has 0 atom stereocenters. The van der Waals surface area contributed by atoms with Gasteiger partial charge in [0.05, 0.1) is 19.4 Å². The number of morpholine rings is 1. The summed E-state index contributed by atoms with van der Waals surface area (Å²) < 4.78 is 5.36. The summed E-state index contributed by atoms with van der Waals surface area (Å²) in [6, 6.07) is 10.2. The van der Waals surface area contributed by atoms with Crippen LogP contribution in [0.3, 0.4) is 0 Å². The highest BCUT2D eigenvalue weighted by molar-refractivity contribution is 5.59. The van der Waals surface area contributed by atoms with E-state index in [-0.39, 0.29) is 0 Å². The van der Waals surface area contributed by atoms with E-state index in [0.717, 1.165) is 31.1 Å². The molecular formula is C15H19N5O. The molecule has 2 aromatic rings. The summed E-state index contributed by atoms with van der Waals surface area (Å²) in [6.07, 6.45) is 1.71. The average Bonchev–Trinajstić information content (AvgIpc) is 2.58. The van der Waals surface area contributed by atoms with Gasteiger partial charge in [0.25, 0.3) is 0 Å². The Morgan fingerprint density at radius 3 is 2.67 bits per heavy atom. The standard InChI is InChI=1S/C15H19N5O/c1-2-20(13-6-4-3-5-7-13)14-12-16-18-15(17-14)19-8-10-21-11-9-19/h3-7,12H,2,8-11H2,1H3. The number of aromatic nitrogens is 3. The summed E-state index contributed by atoms with van der Waals surface area (Å²) in [4.78, 5) is 8.90. The fourth-order valence-corrected chi connectivity index (χ4v) is 2.40. The lowest BCUT2D eigenvalue weighted by Crippen LogP contribution is -2.37. The smallest absolute Gasteiger partial charge is 0.247 e. The first-order valence-corrected chi connectivity index (χ1v) is 7.23. The van der Waals surface area contributed by atoms with Crippen LogP contribution in [0.25, 0.3) is 0 Å². The van der Waals surface area contributed by atoms with Gasteiger partial charge in [-0.25, -0.2) is 0 Å². The molecule has 1 aliphatic heterocycles. The zero-order valence-corrected chi connectivity index (χ0v) is 12.1. The van der Waals surface area contributed by atoms with E-state index in [1.807, 2.05) is 18.2 Å². The molecule has 0 aliphatic carbocycles. The molecule has 0 unspecified atom stereocenters. The summed E-state index contributed by atoms with van der Waals surface area (Å²) in [5, 5.41) is 8.27. The van der Waals surface area contributed by atoms with E-state index in [9.17, 15) is 0 Å². The predicted octanol–water partition coefficient (Wildman–Crippen LogP) is 1.87. The van der Waals surface area contributed by atoms with Crippen molar-refractivity contribution in [2.45, 2.75) is 6.92 Å². The van der Waals surface area contributed by atoms with Crippen LogP contribution in [0.2, 0.25) is 0 Å². The molecule has 2 heterocycles. The molecule has 6 heteroatoms. The summed E-state index contributed by atoms with van der Waals surface area (Å²) in [6.45, 7) is 5.97. The third-order valence-corrected chi connectivity index (χ3v) is 3.49. The maximum atomic E-state index is 5.36. The van der Waals surface area contributed by atoms with Gasteiger partial charge in [-0.1, -0.05) is 18.2 Å². The van der Waals surface area contributed by atoms with E-state index in [1.54, 1.807) is 6.20 Å². The van der Waals surface area contributed by atoms with Crippen LogP contribution in [0.1, 0.15) is 6.92 Å². The maximum Gasteiger partial charge on any atom is 0.247 e. The molecule has 6 nitrogen and oxygen atoms in total. The highest BCUT2D eigenvalue weighted by atomic mass is 16.5. The van der Waals surface area contributed by atoms with Gasteiger partial charge in [0.1, 0.15) is 0 Å². The molecule has 0 N–H and O–H groups in total. The lowest BCUT2D eigenvalue weighted by Gasteiger charge is -2.27. The Kier molecular flexibility index (Phi) is 4.25. The lowest BCUT2D eigenvalue weighted by atomic mass is 10.3. The summed E-state index contributed by atoms with van der Waals surface area (Å²) in [5.74, 6) is 1.49. The molecule has 1 saturated heterocycles. The third-order valence-electron chi connectivity index (χ3n) is 3.49. The number of para-hydroxylation sites is 1. The zero-order chi connectivity index (χ0) is 14.5. The largest absolute Gasteiger partial charge is 0.378 e. The van der Waals surface area contributed by atoms with Gasteiger partial charge in [0, 0.05) is 25.3 Å². The zero-order valence-electron chi connectivity index (χ0n) is 12.1. The fraction of sp³-hybridized carbons (Fsp3) is 0.400. The van der Waals surface area contributed by atoms with Crippen molar-refractivity contribution < 1.29 is 4.74 Å². The highest BCUT2D eigenvalue weighted by Crippen LogP contribution is 2.23. The molecule has 0 amide bonds. The van der Waals surface area contributed by atoms with Crippen LogP contribution in [0.4, 0.5) is 17.5 Å². The van der Waals surface area contributed by atoms with Crippen LogP contribution in [0.15, 0.2) is 36.5 Å². The molecule has 1 fully saturated rings.